The molecule has 1 unspecified atom stereocenters. The van der Waals surface area contributed by atoms with Gasteiger partial charge in [-0.05, 0) is 37.2 Å². The van der Waals surface area contributed by atoms with Crippen molar-refractivity contribution in [3.05, 3.63) is 32.7 Å². The predicted molar refractivity (Wildman–Crippen MR) is 76.3 cm³/mol. The van der Waals surface area contributed by atoms with Gasteiger partial charge in [0.1, 0.15) is 0 Å². The first-order valence-corrected chi connectivity index (χ1v) is 6.85. The molecule has 0 heterocycles. The highest BCUT2D eigenvalue weighted by molar-refractivity contribution is 9.11. The lowest BCUT2D eigenvalue weighted by molar-refractivity contribution is 0.563. The number of nitrogens with one attached hydrogen (secondary N) is 1. The summed E-state index contributed by atoms with van der Waals surface area (Å²) >= 11 is 7.08. The molecule has 1 atom stereocenters. The van der Waals surface area contributed by atoms with Crippen LogP contribution in [0.5, 0.6) is 0 Å². The number of hydrogen-bond acceptors (Lipinski definition) is 1. The maximum absolute atomic E-state index is 3.58. The Kier molecular flexibility index (Phi) is 6.12. The van der Waals surface area contributed by atoms with Crippen molar-refractivity contribution in [1.29, 1.82) is 0 Å². The molecule has 0 aliphatic heterocycles. The van der Waals surface area contributed by atoms with Gasteiger partial charge in [-0.25, -0.2) is 0 Å². The molecule has 0 saturated carbocycles. The van der Waals surface area contributed by atoms with Crippen molar-refractivity contribution in [3.63, 3.8) is 0 Å². The summed E-state index contributed by atoms with van der Waals surface area (Å²) in [5.74, 6) is 6.07. The molecular weight excluding hydrogens is 330 g/mol. The number of halogens is 2. The van der Waals surface area contributed by atoms with E-state index in [1.807, 2.05) is 13.0 Å². The molecule has 1 nitrogen and oxygen atoms in total. The molecule has 1 N–H and O–H groups in total. The van der Waals surface area contributed by atoms with Crippen molar-refractivity contribution in [1.82, 2.24) is 5.32 Å². The summed E-state index contributed by atoms with van der Waals surface area (Å²) in [5, 5.41) is 3.45. The Balaban J connectivity index is 2.97. The molecule has 0 aliphatic rings. The molecule has 3 heteroatoms. The second kappa shape index (κ2) is 7.11. The normalized spacial score (nSPS) is 11.8. The van der Waals surface area contributed by atoms with Gasteiger partial charge in [0.15, 0.2) is 0 Å². The molecule has 0 fully saturated rings. The molecule has 1 rings (SSSR count). The highest BCUT2D eigenvalue weighted by atomic mass is 79.9. The summed E-state index contributed by atoms with van der Waals surface area (Å²) in [6.45, 7) is 4.92. The Bertz CT molecular complexity index is 404. The first-order chi connectivity index (χ1) is 7.69. The zero-order valence-electron chi connectivity index (χ0n) is 9.48. The molecule has 0 spiro atoms. The Hall–Kier alpha value is -0.300. The first-order valence-electron chi connectivity index (χ1n) is 5.27. The van der Waals surface area contributed by atoms with E-state index in [0.717, 1.165) is 21.9 Å². The summed E-state index contributed by atoms with van der Waals surface area (Å²) in [7, 11) is 0. The summed E-state index contributed by atoms with van der Waals surface area (Å²) in [5.41, 5.74) is 1.25. The van der Waals surface area contributed by atoms with Crippen LogP contribution in [0.4, 0.5) is 0 Å². The molecule has 16 heavy (non-hydrogen) atoms. The van der Waals surface area contributed by atoms with Crippen molar-refractivity contribution in [2.75, 3.05) is 6.54 Å². The third-order valence-corrected chi connectivity index (χ3v) is 3.48. The van der Waals surface area contributed by atoms with Crippen LogP contribution in [-0.2, 0) is 0 Å². The molecule has 1 aromatic rings. The average Bonchev–Trinajstić information content (AvgIpc) is 2.28. The van der Waals surface area contributed by atoms with Crippen LogP contribution in [0.15, 0.2) is 27.1 Å². The minimum Gasteiger partial charge on any atom is -0.309 e. The fraction of sp³-hybridized carbons (Fsp3) is 0.385. The van der Waals surface area contributed by atoms with E-state index in [1.165, 1.54) is 5.56 Å². The lowest BCUT2D eigenvalue weighted by atomic mass is 10.0. The number of rotatable bonds is 4. The second-order valence-corrected chi connectivity index (χ2v) is 5.18. The number of hydrogen-bond donors (Lipinski definition) is 1. The minimum atomic E-state index is 0.282. The molecule has 0 saturated heterocycles. The molecular formula is C13H15Br2N. The summed E-state index contributed by atoms with van der Waals surface area (Å²) < 4.78 is 2.22. The molecule has 0 aromatic heterocycles. The van der Waals surface area contributed by atoms with Crippen molar-refractivity contribution in [3.8, 4) is 11.8 Å². The van der Waals surface area contributed by atoms with Gasteiger partial charge in [-0.1, -0.05) is 38.8 Å². The van der Waals surface area contributed by atoms with Gasteiger partial charge in [0.25, 0.3) is 0 Å². The monoisotopic (exact) mass is 343 g/mol. The van der Waals surface area contributed by atoms with E-state index in [-0.39, 0.29) is 6.04 Å². The molecule has 1 aromatic carbocycles. The smallest absolute Gasteiger partial charge is 0.0442 e. The average molecular weight is 345 g/mol. The Morgan fingerprint density at radius 2 is 2.12 bits per heavy atom. The van der Waals surface area contributed by atoms with Crippen molar-refractivity contribution >= 4 is 31.9 Å². The maximum Gasteiger partial charge on any atom is 0.0442 e. The van der Waals surface area contributed by atoms with Gasteiger partial charge in [0.2, 0.25) is 0 Å². The minimum absolute atomic E-state index is 0.282. The van der Waals surface area contributed by atoms with Crippen LogP contribution in [-0.4, -0.2) is 6.54 Å². The Morgan fingerprint density at radius 3 is 2.75 bits per heavy atom. The van der Waals surface area contributed by atoms with Gasteiger partial charge in [-0.15, -0.1) is 11.8 Å². The van der Waals surface area contributed by atoms with Gasteiger partial charge < -0.3 is 5.32 Å². The van der Waals surface area contributed by atoms with Gasteiger partial charge in [-0.3, -0.25) is 0 Å². The van der Waals surface area contributed by atoms with Gasteiger partial charge in [-0.2, -0.15) is 0 Å². The topological polar surface area (TPSA) is 12.0 Å². The van der Waals surface area contributed by atoms with E-state index in [9.17, 15) is 0 Å². The van der Waals surface area contributed by atoms with E-state index in [0.29, 0.717) is 0 Å². The molecule has 0 amide bonds. The maximum atomic E-state index is 3.58. The highest BCUT2D eigenvalue weighted by Gasteiger charge is 2.12. The Morgan fingerprint density at radius 1 is 1.38 bits per heavy atom. The van der Waals surface area contributed by atoms with Gasteiger partial charge in [0, 0.05) is 21.4 Å². The van der Waals surface area contributed by atoms with E-state index in [4.69, 9.17) is 0 Å². The summed E-state index contributed by atoms with van der Waals surface area (Å²) in [4.78, 5) is 0. The lowest BCUT2D eigenvalue weighted by Gasteiger charge is -2.17. The summed E-state index contributed by atoms with van der Waals surface area (Å²) in [6, 6.07) is 6.50. The fourth-order valence-electron chi connectivity index (χ4n) is 1.52. The Labute approximate surface area is 114 Å². The third kappa shape index (κ3) is 3.93. The highest BCUT2D eigenvalue weighted by Crippen LogP contribution is 2.28. The lowest BCUT2D eigenvalue weighted by Crippen LogP contribution is -2.20. The van der Waals surface area contributed by atoms with E-state index in [2.05, 4.69) is 68.1 Å². The first kappa shape index (κ1) is 13.8. The number of benzene rings is 1. The largest absolute Gasteiger partial charge is 0.309 e. The SMILES string of the molecule is CC#CCC(NCC)c1cc(Br)ccc1Br. The van der Waals surface area contributed by atoms with Crippen LogP contribution in [0.25, 0.3) is 0 Å². The third-order valence-electron chi connectivity index (χ3n) is 2.27. The van der Waals surface area contributed by atoms with Crippen molar-refractivity contribution in [2.24, 2.45) is 0 Å². The van der Waals surface area contributed by atoms with Gasteiger partial charge >= 0.3 is 0 Å². The van der Waals surface area contributed by atoms with Crippen molar-refractivity contribution in [2.45, 2.75) is 26.3 Å². The second-order valence-electron chi connectivity index (χ2n) is 3.41. The summed E-state index contributed by atoms with van der Waals surface area (Å²) in [6.07, 6.45) is 0.833. The van der Waals surface area contributed by atoms with Crippen molar-refractivity contribution < 1.29 is 0 Å². The molecule has 0 aliphatic carbocycles. The predicted octanol–water partition coefficient (Wildman–Crippen LogP) is 4.28. The molecule has 86 valence electrons. The standard InChI is InChI=1S/C13H15Br2N/c1-3-5-6-13(16-4-2)11-9-10(14)7-8-12(11)15/h7-9,13,16H,4,6H2,1-2H3. The zero-order chi connectivity index (χ0) is 12.0. The van der Waals surface area contributed by atoms with Crippen LogP contribution in [0.3, 0.4) is 0 Å². The van der Waals surface area contributed by atoms with E-state index in [1.54, 1.807) is 0 Å². The zero-order valence-corrected chi connectivity index (χ0v) is 12.7. The quantitative estimate of drug-likeness (QED) is 0.804. The van der Waals surface area contributed by atoms with E-state index >= 15 is 0 Å². The fourth-order valence-corrected chi connectivity index (χ4v) is 2.43. The molecule has 0 radical (unpaired) electrons. The van der Waals surface area contributed by atoms with Crippen LogP contribution in [0.1, 0.15) is 31.9 Å². The van der Waals surface area contributed by atoms with Crippen LogP contribution < -0.4 is 5.32 Å². The molecule has 0 bridgehead atoms. The van der Waals surface area contributed by atoms with E-state index < -0.39 is 0 Å². The van der Waals surface area contributed by atoms with Crippen LogP contribution >= 0.6 is 31.9 Å². The van der Waals surface area contributed by atoms with Crippen LogP contribution in [0, 0.1) is 11.8 Å². The van der Waals surface area contributed by atoms with Gasteiger partial charge in [0.05, 0.1) is 0 Å². The van der Waals surface area contributed by atoms with Crippen LogP contribution in [0.2, 0.25) is 0 Å².